The Morgan fingerprint density at radius 1 is 1.05 bits per heavy atom. The lowest BCUT2D eigenvalue weighted by Crippen LogP contribution is -2.66. The molecule has 1 rings (SSSR count). The molecule has 114 valence electrons. The van der Waals surface area contributed by atoms with Gasteiger partial charge in [0.05, 0.1) is 12.1 Å². The highest BCUT2D eigenvalue weighted by Gasteiger charge is 2.41. The molecule has 4 nitrogen and oxygen atoms in total. The number of ether oxygens (including phenoxy) is 1. The summed E-state index contributed by atoms with van der Waals surface area (Å²) in [4.78, 5) is 5.10. The Kier molecular flexibility index (Phi) is 5.80. The largest absolute Gasteiger partial charge is 0.383 e. The molecule has 0 aromatic rings. The maximum Gasteiger partial charge on any atom is 0.0661 e. The lowest BCUT2D eigenvalue weighted by atomic mass is 9.84. The summed E-state index contributed by atoms with van der Waals surface area (Å²) in [7, 11) is 1.78. The molecule has 4 heteroatoms. The minimum atomic E-state index is -0.0152. The first-order valence-corrected chi connectivity index (χ1v) is 7.47. The molecule has 0 radical (unpaired) electrons. The highest BCUT2D eigenvalue weighted by Crippen LogP contribution is 2.27. The molecule has 0 aromatic heterocycles. The molecule has 0 bridgehead atoms. The third kappa shape index (κ3) is 3.69. The molecular formula is C15H33N3O. The van der Waals surface area contributed by atoms with Gasteiger partial charge in [0.2, 0.25) is 0 Å². The average molecular weight is 271 g/mol. The van der Waals surface area contributed by atoms with Crippen molar-refractivity contribution in [1.29, 1.82) is 0 Å². The second kappa shape index (κ2) is 6.53. The van der Waals surface area contributed by atoms with Gasteiger partial charge in [-0.3, -0.25) is 9.80 Å². The van der Waals surface area contributed by atoms with Gasteiger partial charge >= 0.3 is 0 Å². The van der Waals surface area contributed by atoms with E-state index in [-0.39, 0.29) is 11.1 Å². The molecule has 19 heavy (non-hydrogen) atoms. The van der Waals surface area contributed by atoms with Crippen molar-refractivity contribution in [2.75, 3.05) is 46.4 Å². The SMILES string of the molecule is COCC(CN)(C(C)C)N1CCN(C(C)(C)C)CC1. The topological polar surface area (TPSA) is 41.7 Å². The summed E-state index contributed by atoms with van der Waals surface area (Å²) in [6.45, 7) is 17.1. The van der Waals surface area contributed by atoms with Crippen molar-refractivity contribution in [3.63, 3.8) is 0 Å². The lowest BCUT2D eigenvalue weighted by Gasteiger charge is -2.51. The van der Waals surface area contributed by atoms with E-state index in [1.807, 2.05) is 0 Å². The zero-order valence-electron chi connectivity index (χ0n) is 13.7. The van der Waals surface area contributed by atoms with E-state index >= 15 is 0 Å². The Morgan fingerprint density at radius 2 is 1.53 bits per heavy atom. The van der Waals surface area contributed by atoms with Crippen molar-refractivity contribution >= 4 is 0 Å². The van der Waals surface area contributed by atoms with Crippen LogP contribution in [0.15, 0.2) is 0 Å². The van der Waals surface area contributed by atoms with E-state index in [9.17, 15) is 0 Å². The van der Waals surface area contributed by atoms with Gasteiger partial charge in [-0.1, -0.05) is 13.8 Å². The van der Waals surface area contributed by atoms with Crippen LogP contribution in [-0.4, -0.2) is 67.3 Å². The highest BCUT2D eigenvalue weighted by atomic mass is 16.5. The molecule has 0 aliphatic carbocycles. The molecule has 0 saturated carbocycles. The summed E-state index contributed by atoms with van der Waals surface area (Å²) in [5.74, 6) is 0.499. The van der Waals surface area contributed by atoms with Gasteiger partial charge in [-0.05, 0) is 26.7 Å². The summed E-state index contributed by atoms with van der Waals surface area (Å²) in [5, 5.41) is 0. The van der Waals surface area contributed by atoms with Crippen LogP contribution < -0.4 is 5.73 Å². The maximum atomic E-state index is 6.11. The van der Waals surface area contributed by atoms with Crippen molar-refractivity contribution in [2.24, 2.45) is 11.7 Å². The van der Waals surface area contributed by atoms with E-state index < -0.39 is 0 Å². The van der Waals surface area contributed by atoms with E-state index in [1.165, 1.54) is 0 Å². The number of methoxy groups -OCH3 is 1. The predicted octanol–water partition coefficient (Wildman–Crippen LogP) is 1.40. The molecule has 2 N–H and O–H groups in total. The molecule has 0 aromatic carbocycles. The number of nitrogens with zero attached hydrogens (tertiary/aromatic N) is 2. The Balaban J connectivity index is 2.75. The molecule has 1 heterocycles. The minimum absolute atomic E-state index is 0.0152. The highest BCUT2D eigenvalue weighted by molar-refractivity contribution is 4.97. The van der Waals surface area contributed by atoms with E-state index in [2.05, 4.69) is 44.4 Å². The lowest BCUT2D eigenvalue weighted by molar-refractivity contribution is -0.0523. The van der Waals surface area contributed by atoms with Crippen LogP contribution in [-0.2, 0) is 4.74 Å². The monoisotopic (exact) mass is 271 g/mol. The van der Waals surface area contributed by atoms with Crippen molar-refractivity contribution in [3.8, 4) is 0 Å². The summed E-state index contributed by atoms with van der Waals surface area (Å²) in [6.07, 6.45) is 0. The number of hydrogen-bond acceptors (Lipinski definition) is 4. The van der Waals surface area contributed by atoms with Crippen LogP contribution in [0.1, 0.15) is 34.6 Å². The van der Waals surface area contributed by atoms with Crippen molar-refractivity contribution < 1.29 is 4.74 Å². The number of rotatable bonds is 5. The third-order valence-corrected chi connectivity index (χ3v) is 4.68. The quantitative estimate of drug-likeness (QED) is 0.821. The second-order valence-electron chi connectivity index (χ2n) is 7.04. The van der Waals surface area contributed by atoms with Gasteiger partial charge in [0.15, 0.2) is 0 Å². The normalized spacial score (nSPS) is 22.7. The maximum absolute atomic E-state index is 6.11. The summed E-state index contributed by atoms with van der Waals surface area (Å²) >= 11 is 0. The first-order chi connectivity index (χ1) is 8.78. The molecular weight excluding hydrogens is 238 g/mol. The van der Waals surface area contributed by atoms with Crippen LogP contribution in [0.2, 0.25) is 0 Å². The van der Waals surface area contributed by atoms with Crippen LogP contribution in [0.4, 0.5) is 0 Å². The summed E-state index contributed by atoms with van der Waals surface area (Å²) < 4.78 is 5.47. The molecule has 1 unspecified atom stereocenters. The fourth-order valence-corrected chi connectivity index (χ4v) is 3.12. The fraction of sp³-hybridized carbons (Fsp3) is 1.00. The van der Waals surface area contributed by atoms with Crippen molar-refractivity contribution in [1.82, 2.24) is 9.80 Å². The molecule has 1 atom stereocenters. The van der Waals surface area contributed by atoms with Gasteiger partial charge in [0, 0.05) is 45.4 Å². The first kappa shape index (κ1) is 16.9. The molecule has 0 amide bonds. The second-order valence-corrected chi connectivity index (χ2v) is 7.04. The van der Waals surface area contributed by atoms with E-state index in [0.29, 0.717) is 12.5 Å². The van der Waals surface area contributed by atoms with E-state index in [1.54, 1.807) is 7.11 Å². The Morgan fingerprint density at radius 3 is 1.84 bits per heavy atom. The minimum Gasteiger partial charge on any atom is -0.383 e. The predicted molar refractivity (Wildman–Crippen MR) is 81.4 cm³/mol. The smallest absolute Gasteiger partial charge is 0.0661 e. The Bertz CT molecular complexity index is 267. The van der Waals surface area contributed by atoms with Gasteiger partial charge in [0.1, 0.15) is 0 Å². The van der Waals surface area contributed by atoms with Gasteiger partial charge in [0.25, 0.3) is 0 Å². The standard InChI is InChI=1S/C15H33N3O/c1-13(2)15(11-16,12-19-6)18-9-7-17(8-10-18)14(3,4)5/h13H,7-12,16H2,1-6H3. The van der Waals surface area contributed by atoms with Crippen LogP contribution in [0.5, 0.6) is 0 Å². The molecule has 1 saturated heterocycles. The zero-order chi connectivity index (χ0) is 14.7. The summed E-state index contributed by atoms with van der Waals surface area (Å²) in [6, 6.07) is 0. The zero-order valence-corrected chi connectivity index (χ0v) is 13.7. The Hall–Kier alpha value is -0.160. The van der Waals surface area contributed by atoms with E-state index in [4.69, 9.17) is 10.5 Å². The van der Waals surface area contributed by atoms with E-state index in [0.717, 1.165) is 32.8 Å². The number of piperazine rings is 1. The van der Waals surface area contributed by atoms with Crippen molar-refractivity contribution in [2.45, 2.75) is 45.7 Å². The molecule has 1 aliphatic rings. The van der Waals surface area contributed by atoms with Crippen LogP contribution in [0, 0.1) is 5.92 Å². The Labute approximate surface area is 119 Å². The molecule has 0 spiro atoms. The first-order valence-electron chi connectivity index (χ1n) is 7.47. The van der Waals surface area contributed by atoms with Gasteiger partial charge < -0.3 is 10.5 Å². The third-order valence-electron chi connectivity index (χ3n) is 4.68. The van der Waals surface area contributed by atoms with Crippen LogP contribution in [0.3, 0.4) is 0 Å². The number of nitrogens with two attached hydrogens (primary N) is 1. The average Bonchev–Trinajstić information content (AvgIpc) is 2.35. The van der Waals surface area contributed by atoms with Crippen LogP contribution in [0.25, 0.3) is 0 Å². The molecule has 1 aliphatic heterocycles. The van der Waals surface area contributed by atoms with Gasteiger partial charge in [-0.25, -0.2) is 0 Å². The number of hydrogen-bond donors (Lipinski definition) is 1. The summed E-state index contributed by atoms with van der Waals surface area (Å²) in [5.41, 5.74) is 6.36. The van der Waals surface area contributed by atoms with Gasteiger partial charge in [-0.2, -0.15) is 0 Å². The van der Waals surface area contributed by atoms with Crippen molar-refractivity contribution in [3.05, 3.63) is 0 Å². The fourth-order valence-electron chi connectivity index (χ4n) is 3.12. The van der Waals surface area contributed by atoms with Crippen LogP contribution >= 0.6 is 0 Å². The van der Waals surface area contributed by atoms with Gasteiger partial charge in [-0.15, -0.1) is 0 Å². The molecule has 1 fully saturated rings.